The average Bonchev–Trinajstić information content (AvgIpc) is 2.96. The highest BCUT2D eigenvalue weighted by Gasteiger charge is 2.11. The first-order chi connectivity index (χ1) is 11.0. The fourth-order valence-electron chi connectivity index (χ4n) is 2.17. The van der Waals surface area contributed by atoms with Gasteiger partial charge in [0.1, 0.15) is 0 Å². The van der Waals surface area contributed by atoms with Crippen molar-refractivity contribution in [2.45, 2.75) is 39.7 Å². The lowest BCUT2D eigenvalue weighted by molar-refractivity contribution is 0.501. The summed E-state index contributed by atoms with van der Waals surface area (Å²) in [6, 6.07) is 10.1. The molecule has 2 rings (SSSR count). The van der Waals surface area contributed by atoms with Crippen LogP contribution in [0.25, 0.3) is 5.69 Å². The Hall–Kier alpha value is -1.57. The van der Waals surface area contributed by atoms with Crippen LogP contribution in [0.5, 0.6) is 0 Å². The van der Waals surface area contributed by atoms with E-state index in [9.17, 15) is 0 Å². The molecule has 0 unspecified atom stereocenters. The number of halogens is 1. The van der Waals surface area contributed by atoms with Crippen LogP contribution in [-0.4, -0.2) is 34.4 Å². The molecule has 0 saturated carbocycles. The Bertz CT molecular complexity index is 628. The molecule has 1 aromatic carbocycles. The molecule has 0 saturated heterocycles. The van der Waals surface area contributed by atoms with E-state index in [4.69, 9.17) is 0 Å². The molecule has 5 nitrogen and oxygen atoms in total. The first-order valence-electron chi connectivity index (χ1n) is 8.13. The largest absolute Gasteiger partial charge is 0.357 e. The van der Waals surface area contributed by atoms with E-state index in [0.29, 0.717) is 0 Å². The maximum absolute atomic E-state index is 4.63. The van der Waals surface area contributed by atoms with Gasteiger partial charge < -0.3 is 10.6 Å². The summed E-state index contributed by atoms with van der Waals surface area (Å²) in [6.45, 7) is 10.0. The standard InChI is InChI=1S/C18H27N5.HI/c1-5-19-17(22-18(2,3)4)20-12-11-15-13-21-23(14-15)16-9-7-6-8-10-16;/h6-10,13-14H,5,11-12H2,1-4H3,(H2,19,20,22);1H. The number of hydrogen-bond acceptors (Lipinski definition) is 2. The van der Waals surface area contributed by atoms with Crippen LogP contribution in [0.4, 0.5) is 0 Å². The minimum Gasteiger partial charge on any atom is -0.357 e. The van der Waals surface area contributed by atoms with Crippen LogP contribution < -0.4 is 10.6 Å². The molecule has 0 radical (unpaired) electrons. The number of para-hydroxylation sites is 1. The average molecular weight is 441 g/mol. The molecule has 0 spiro atoms. The molecule has 0 atom stereocenters. The number of guanidine groups is 1. The van der Waals surface area contributed by atoms with Crippen molar-refractivity contribution in [2.24, 2.45) is 4.99 Å². The van der Waals surface area contributed by atoms with Gasteiger partial charge in [0.25, 0.3) is 0 Å². The predicted molar refractivity (Wildman–Crippen MR) is 112 cm³/mol. The summed E-state index contributed by atoms with van der Waals surface area (Å²) < 4.78 is 1.90. The molecule has 0 aliphatic rings. The van der Waals surface area contributed by atoms with Crippen molar-refractivity contribution in [2.75, 3.05) is 13.1 Å². The van der Waals surface area contributed by atoms with Crippen LogP contribution in [0.3, 0.4) is 0 Å². The first kappa shape index (κ1) is 20.5. The lowest BCUT2D eigenvalue weighted by Gasteiger charge is -2.23. The molecule has 2 aromatic rings. The number of nitrogens with zero attached hydrogens (tertiary/aromatic N) is 3. The van der Waals surface area contributed by atoms with Crippen LogP contribution in [0, 0.1) is 0 Å². The Morgan fingerprint density at radius 1 is 1.21 bits per heavy atom. The summed E-state index contributed by atoms with van der Waals surface area (Å²) in [5, 5.41) is 11.1. The van der Waals surface area contributed by atoms with Gasteiger partial charge in [-0.05, 0) is 51.8 Å². The number of aliphatic imine (C=N–C) groups is 1. The van der Waals surface area contributed by atoms with Crippen molar-refractivity contribution in [3.8, 4) is 5.69 Å². The quantitative estimate of drug-likeness (QED) is 0.425. The van der Waals surface area contributed by atoms with E-state index >= 15 is 0 Å². The molecule has 1 heterocycles. The minimum absolute atomic E-state index is 0. The van der Waals surface area contributed by atoms with Gasteiger partial charge in [0, 0.05) is 24.8 Å². The summed E-state index contributed by atoms with van der Waals surface area (Å²) >= 11 is 0. The number of benzene rings is 1. The van der Waals surface area contributed by atoms with Gasteiger partial charge >= 0.3 is 0 Å². The van der Waals surface area contributed by atoms with Gasteiger partial charge in [-0.3, -0.25) is 4.99 Å². The van der Waals surface area contributed by atoms with Gasteiger partial charge in [0.15, 0.2) is 5.96 Å². The second kappa shape index (κ2) is 9.66. The van der Waals surface area contributed by atoms with E-state index in [1.807, 2.05) is 41.2 Å². The molecule has 0 fully saturated rings. The van der Waals surface area contributed by atoms with Gasteiger partial charge in [-0.15, -0.1) is 24.0 Å². The highest BCUT2D eigenvalue weighted by Crippen LogP contribution is 2.08. The number of hydrogen-bond donors (Lipinski definition) is 2. The maximum Gasteiger partial charge on any atom is 0.191 e. The summed E-state index contributed by atoms with van der Waals surface area (Å²) in [5.74, 6) is 0.857. The van der Waals surface area contributed by atoms with E-state index in [-0.39, 0.29) is 29.5 Å². The second-order valence-corrected chi connectivity index (χ2v) is 6.51. The fraction of sp³-hybridized carbons (Fsp3) is 0.444. The van der Waals surface area contributed by atoms with Crippen LogP contribution in [-0.2, 0) is 6.42 Å². The van der Waals surface area contributed by atoms with Gasteiger partial charge in [-0.25, -0.2) is 4.68 Å². The van der Waals surface area contributed by atoms with Crippen molar-refractivity contribution < 1.29 is 0 Å². The topological polar surface area (TPSA) is 54.2 Å². The van der Waals surface area contributed by atoms with E-state index in [2.05, 4.69) is 54.6 Å². The summed E-state index contributed by atoms with van der Waals surface area (Å²) in [6.07, 6.45) is 4.84. The van der Waals surface area contributed by atoms with Gasteiger partial charge in [0.2, 0.25) is 0 Å². The third-order valence-corrected chi connectivity index (χ3v) is 3.16. The summed E-state index contributed by atoms with van der Waals surface area (Å²) in [7, 11) is 0. The van der Waals surface area contributed by atoms with Crippen molar-refractivity contribution in [3.63, 3.8) is 0 Å². The predicted octanol–water partition coefficient (Wildman–Crippen LogP) is 3.39. The van der Waals surface area contributed by atoms with E-state index in [1.54, 1.807) is 0 Å². The van der Waals surface area contributed by atoms with E-state index < -0.39 is 0 Å². The van der Waals surface area contributed by atoms with E-state index in [0.717, 1.165) is 31.2 Å². The molecule has 132 valence electrons. The van der Waals surface area contributed by atoms with E-state index in [1.165, 1.54) is 5.56 Å². The van der Waals surface area contributed by atoms with Crippen molar-refractivity contribution in [1.29, 1.82) is 0 Å². The SMILES string of the molecule is CCNC(=NCCc1cnn(-c2ccccc2)c1)NC(C)(C)C.I. The smallest absolute Gasteiger partial charge is 0.191 e. The molecule has 2 N–H and O–H groups in total. The monoisotopic (exact) mass is 441 g/mol. The zero-order valence-electron chi connectivity index (χ0n) is 14.9. The Labute approximate surface area is 162 Å². The molecule has 6 heteroatoms. The maximum atomic E-state index is 4.63. The fourth-order valence-corrected chi connectivity index (χ4v) is 2.17. The Morgan fingerprint density at radius 2 is 1.92 bits per heavy atom. The normalized spacial score (nSPS) is 11.8. The third-order valence-electron chi connectivity index (χ3n) is 3.16. The Kier molecular flexibility index (Phi) is 8.24. The Morgan fingerprint density at radius 3 is 2.54 bits per heavy atom. The molecular formula is C18H28IN5. The van der Waals surface area contributed by atoms with Crippen molar-refractivity contribution >= 4 is 29.9 Å². The molecule has 0 bridgehead atoms. The number of aromatic nitrogens is 2. The zero-order chi connectivity index (χ0) is 16.7. The lowest BCUT2D eigenvalue weighted by atomic mass is 10.1. The minimum atomic E-state index is -0.000797. The molecule has 0 amide bonds. The molecular weight excluding hydrogens is 413 g/mol. The van der Waals surface area contributed by atoms with Crippen LogP contribution in [0.15, 0.2) is 47.7 Å². The lowest BCUT2D eigenvalue weighted by Crippen LogP contribution is -2.47. The second-order valence-electron chi connectivity index (χ2n) is 6.51. The highest BCUT2D eigenvalue weighted by molar-refractivity contribution is 14.0. The molecule has 1 aromatic heterocycles. The van der Waals surface area contributed by atoms with Crippen LogP contribution in [0.1, 0.15) is 33.3 Å². The molecule has 0 aliphatic carbocycles. The van der Waals surface area contributed by atoms with Crippen molar-refractivity contribution in [1.82, 2.24) is 20.4 Å². The zero-order valence-corrected chi connectivity index (χ0v) is 17.2. The highest BCUT2D eigenvalue weighted by atomic mass is 127. The van der Waals surface area contributed by atoms with Gasteiger partial charge in [-0.1, -0.05) is 18.2 Å². The molecule has 0 aliphatic heterocycles. The van der Waals surface area contributed by atoms with Crippen molar-refractivity contribution in [3.05, 3.63) is 48.3 Å². The Balaban J connectivity index is 0.00000288. The number of nitrogens with one attached hydrogen (secondary N) is 2. The van der Waals surface area contributed by atoms with Crippen LogP contribution >= 0.6 is 24.0 Å². The first-order valence-corrected chi connectivity index (χ1v) is 8.13. The number of rotatable bonds is 5. The van der Waals surface area contributed by atoms with Gasteiger partial charge in [0.05, 0.1) is 11.9 Å². The summed E-state index contributed by atoms with van der Waals surface area (Å²) in [4.78, 5) is 4.63. The van der Waals surface area contributed by atoms with Crippen LogP contribution in [0.2, 0.25) is 0 Å². The molecule has 24 heavy (non-hydrogen) atoms. The summed E-state index contributed by atoms with van der Waals surface area (Å²) in [5.41, 5.74) is 2.26. The third kappa shape index (κ3) is 6.90. The van der Waals surface area contributed by atoms with Gasteiger partial charge in [-0.2, -0.15) is 5.10 Å².